The maximum Gasteiger partial charge on any atom is 0.272 e. The van der Waals surface area contributed by atoms with Crippen LogP contribution in [0.15, 0.2) is 41.6 Å². The number of likely N-dealkylation sites (tertiary alicyclic amines) is 1. The van der Waals surface area contributed by atoms with Crippen molar-refractivity contribution < 1.29 is 9.59 Å². The molecule has 1 saturated heterocycles. The molecule has 1 fully saturated rings. The fourth-order valence-corrected chi connectivity index (χ4v) is 3.97. The molecule has 0 aliphatic carbocycles. The van der Waals surface area contributed by atoms with Crippen molar-refractivity contribution in [3.05, 3.63) is 58.5 Å². The largest absolute Gasteiger partial charge is 0.343 e. The molecule has 8 nitrogen and oxygen atoms in total. The Morgan fingerprint density at radius 3 is 2.72 bits per heavy atom. The van der Waals surface area contributed by atoms with E-state index >= 15 is 0 Å². The molecule has 152 valence electrons. The van der Waals surface area contributed by atoms with Crippen LogP contribution in [0.5, 0.6) is 0 Å². The van der Waals surface area contributed by atoms with E-state index in [1.807, 2.05) is 23.4 Å². The molecular formula is C21H25N5O3. The second kappa shape index (κ2) is 8.06. The monoisotopic (exact) mass is 395 g/mol. The highest BCUT2D eigenvalue weighted by atomic mass is 16.2. The lowest BCUT2D eigenvalue weighted by molar-refractivity contribution is -0.132. The Morgan fingerprint density at radius 1 is 1.21 bits per heavy atom. The maximum atomic E-state index is 12.5. The number of carbonyl (C=O) groups excluding carboxylic acids is 2. The van der Waals surface area contributed by atoms with Gasteiger partial charge in [-0.05, 0) is 43.9 Å². The number of rotatable bonds is 6. The van der Waals surface area contributed by atoms with Gasteiger partial charge in [-0.15, -0.1) is 0 Å². The van der Waals surface area contributed by atoms with Crippen molar-refractivity contribution in [2.75, 3.05) is 13.1 Å². The first-order chi connectivity index (χ1) is 14.0. The van der Waals surface area contributed by atoms with Crippen molar-refractivity contribution in [1.82, 2.24) is 24.1 Å². The molecule has 1 N–H and O–H groups in total. The van der Waals surface area contributed by atoms with E-state index in [1.54, 1.807) is 34.5 Å². The quantitative estimate of drug-likeness (QED) is 0.644. The van der Waals surface area contributed by atoms with Crippen LogP contribution in [0.25, 0.3) is 5.52 Å². The second-order valence-corrected chi connectivity index (χ2v) is 7.66. The molecule has 0 atom stereocenters. The van der Waals surface area contributed by atoms with Gasteiger partial charge in [0.2, 0.25) is 5.91 Å². The zero-order chi connectivity index (χ0) is 20.4. The van der Waals surface area contributed by atoms with Crippen molar-refractivity contribution in [2.24, 2.45) is 13.0 Å². The number of hydrogen-bond donors (Lipinski definition) is 1. The van der Waals surface area contributed by atoms with Gasteiger partial charge in [0.05, 0.1) is 0 Å². The zero-order valence-corrected chi connectivity index (χ0v) is 16.5. The molecule has 0 saturated carbocycles. The van der Waals surface area contributed by atoms with Crippen molar-refractivity contribution in [3.63, 3.8) is 0 Å². The molecule has 3 aromatic heterocycles. The highest BCUT2D eigenvalue weighted by Crippen LogP contribution is 2.22. The number of carbonyl (C=O) groups is 2. The van der Waals surface area contributed by atoms with Gasteiger partial charge in [0.25, 0.3) is 5.56 Å². The highest BCUT2D eigenvalue weighted by Gasteiger charge is 2.28. The molecular weight excluding hydrogens is 370 g/mol. The Morgan fingerprint density at radius 2 is 2.00 bits per heavy atom. The Kier molecular flexibility index (Phi) is 5.33. The van der Waals surface area contributed by atoms with E-state index in [2.05, 4.69) is 10.1 Å². The van der Waals surface area contributed by atoms with Crippen LogP contribution < -0.4 is 5.56 Å². The number of aromatic nitrogens is 4. The van der Waals surface area contributed by atoms with Gasteiger partial charge in [0, 0.05) is 56.8 Å². The molecule has 1 aliphatic rings. The van der Waals surface area contributed by atoms with Crippen molar-refractivity contribution in [2.45, 2.75) is 32.1 Å². The van der Waals surface area contributed by atoms with E-state index in [1.165, 1.54) is 0 Å². The molecule has 0 bridgehead atoms. The molecule has 4 heterocycles. The maximum absolute atomic E-state index is 12.5. The van der Waals surface area contributed by atoms with Crippen molar-refractivity contribution >= 4 is 17.2 Å². The van der Waals surface area contributed by atoms with Gasteiger partial charge in [-0.2, -0.15) is 5.10 Å². The predicted octanol–water partition coefficient (Wildman–Crippen LogP) is 1.81. The summed E-state index contributed by atoms with van der Waals surface area (Å²) in [6.07, 6.45) is 8.62. The predicted molar refractivity (Wildman–Crippen MR) is 108 cm³/mol. The Labute approximate surface area is 168 Å². The number of amides is 1. The summed E-state index contributed by atoms with van der Waals surface area (Å²) in [5, 5.41) is 4.19. The molecule has 4 rings (SSSR count). The first-order valence-corrected chi connectivity index (χ1v) is 10.0. The summed E-state index contributed by atoms with van der Waals surface area (Å²) in [5.74, 6) is 0.118. The standard InChI is InChI=1S/C21H25N5O3/c1-24-11-9-17(23-24)20(28)15-7-12-25(13-8-15)19(27)6-2-4-16-14-26-10-3-5-18(26)21(29)22-16/h3,5,9-11,14-15H,2,4,6-8,12-13H2,1H3,(H,22,29). The summed E-state index contributed by atoms with van der Waals surface area (Å²) >= 11 is 0. The first-order valence-electron chi connectivity index (χ1n) is 10.0. The summed E-state index contributed by atoms with van der Waals surface area (Å²) < 4.78 is 3.44. The second-order valence-electron chi connectivity index (χ2n) is 7.66. The van der Waals surface area contributed by atoms with Crippen molar-refractivity contribution in [3.8, 4) is 0 Å². The van der Waals surface area contributed by atoms with E-state index in [0.29, 0.717) is 56.4 Å². The number of ketones is 1. The normalized spacial score (nSPS) is 15.1. The van der Waals surface area contributed by atoms with E-state index in [4.69, 9.17) is 0 Å². The number of nitrogens with zero attached hydrogens (tertiary/aromatic N) is 4. The Balaban J connectivity index is 1.25. The minimum atomic E-state index is -0.113. The molecule has 0 spiro atoms. The van der Waals surface area contributed by atoms with Crippen LogP contribution in [0.1, 0.15) is 41.9 Å². The fraction of sp³-hybridized carbons (Fsp3) is 0.429. The number of aromatic amines is 1. The third-order valence-corrected chi connectivity index (χ3v) is 5.60. The fourth-order valence-electron chi connectivity index (χ4n) is 3.97. The van der Waals surface area contributed by atoms with Gasteiger partial charge < -0.3 is 14.3 Å². The molecule has 1 aliphatic heterocycles. The molecule has 0 unspecified atom stereocenters. The number of piperidine rings is 1. The number of hydrogen-bond acceptors (Lipinski definition) is 4. The number of Topliss-reactive ketones (excluding diaryl/α,β-unsaturated/α-hetero) is 1. The zero-order valence-electron chi connectivity index (χ0n) is 16.5. The lowest BCUT2D eigenvalue weighted by atomic mass is 9.91. The number of fused-ring (bicyclic) bond motifs is 1. The average Bonchev–Trinajstić information content (AvgIpc) is 3.37. The Bertz CT molecular complexity index is 1090. The van der Waals surface area contributed by atoms with Crippen LogP contribution in [0, 0.1) is 5.92 Å². The summed E-state index contributed by atoms with van der Waals surface area (Å²) in [6.45, 7) is 1.21. The molecule has 8 heteroatoms. The molecule has 0 aromatic carbocycles. The van der Waals surface area contributed by atoms with Crippen molar-refractivity contribution in [1.29, 1.82) is 0 Å². The third-order valence-electron chi connectivity index (χ3n) is 5.60. The van der Waals surface area contributed by atoms with Crippen LogP contribution in [0.2, 0.25) is 0 Å². The lowest BCUT2D eigenvalue weighted by Gasteiger charge is -2.31. The van der Waals surface area contributed by atoms with Crippen LogP contribution in [0.4, 0.5) is 0 Å². The minimum absolute atomic E-state index is 0.0627. The lowest BCUT2D eigenvalue weighted by Crippen LogP contribution is -2.40. The van der Waals surface area contributed by atoms with Gasteiger partial charge in [-0.25, -0.2) is 0 Å². The smallest absolute Gasteiger partial charge is 0.272 e. The highest BCUT2D eigenvalue weighted by molar-refractivity contribution is 5.96. The first kappa shape index (κ1) is 19.2. The van der Waals surface area contributed by atoms with Gasteiger partial charge in [0.1, 0.15) is 11.2 Å². The average molecular weight is 395 g/mol. The van der Waals surface area contributed by atoms with E-state index in [-0.39, 0.29) is 23.2 Å². The number of nitrogens with one attached hydrogen (secondary N) is 1. The van der Waals surface area contributed by atoms with E-state index < -0.39 is 0 Å². The summed E-state index contributed by atoms with van der Waals surface area (Å²) in [6, 6.07) is 5.35. The van der Waals surface area contributed by atoms with Gasteiger partial charge in [-0.1, -0.05) is 0 Å². The summed E-state index contributed by atoms with van der Waals surface area (Å²) in [4.78, 5) is 41.8. The van der Waals surface area contributed by atoms with Gasteiger partial charge >= 0.3 is 0 Å². The molecule has 0 radical (unpaired) electrons. The topological polar surface area (TPSA) is 92.5 Å². The summed E-state index contributed by atoms with van der Waals surface area (Å²) in [5.41, 5.74) is 1.84. The third kappa shape index (κ3) is 4.16. The molecule has 3 aromatic rings. The van der Waals surface area contributed by atoms with Gasteiger partial charge in [-0.3, -0.25) is 19.1 Å². The van der Waals surface area contributed by atoms with Crippen LogP contribution in [-0.2, 0) is 18.3 Å². The molecule has 29 heavy (non-hydrogen) atoms. The van der Waals surface area contributed by atoms with Crippen LogP contribution in [0.3, 0.4) is 0 Å². The van der Waals surface area contributed by atoms with Crippen LogP contribution in [-0.4, -0.2) is 48.8 Å². The number of aryl methyl sites for hydroxylation is 2. The van der Waals surface area contributed by atoms with Crippen LogP contribution >= 0.6 is 0 Å². The SMILES string of the molecule is Cn1ccc(C(=O)C2CCN(C(=O)CCCc3cn4cccc4c(=O)[nH]3)CC2)n1. The van der Waals surface area contributed by atoms with E-state index in [9.17, 15) is 14.4 Å². The van der Waals surface area contributed by atoms with E-state index in [0.717, 1.165) is 5.69 Å². The summed E-state index contributed by atoms with van der Waals surface area (Å²) in [7, 11) is 1.80. The Hall–Kier alpha value is -3.16. The van der Waals surface area contributed by atoms with Gasteiger partial charge in [0.15, 0.2) is 5.78 Å². The number of H-pyrrole nitrogens is 1. The minimum Gasteiger partial charge on any atom is -0.343 e. The molecule has 1 amide bonds.